The number of benzene rings is 2. The average molecular weight is 413 g/mol. The van der Waals surface area contributed by atoms with E-state index < -0.39 is 5.97 Å². The molecule has 0 amide bonds. The van der Waals surface area contributed by atoms with Gasteiger partial charge in [-0.15, -0.1) is 0 Å². The Labute approximate surface area is 170 Å². The van der Waals surface area contributed by atoms with Crippen LogP contribution >= 0.6 is 23.2 Å². The first kappa shape index (κ1) is 18.5. The maximum Gasteiger partial charge on any atom is 0.340 e. The molecule has 0 radical (unpaired) electrons. The first-order chi connectivity index (χ1) is 13.5. The molecule has 4 aromatic rings. The number of halogens is 2. The Bertz CT molecular complexity index is 1250. The van der Waals surface area contributed by atoms with E-state index in [0.29, 0.717) is 10.5 Å². The molecule has 0 saturated carbocycles. The predicted molar refractivity (Wildman–Crippen MR) is 109 cm³/mol. The van der Waals surface area contributed by atoms with Crippen LogP contribution in [0, 0.1) is 0 Å². The number of hydrogen-bond donors (Lipinski definition) is 0. The quantitative estimate of drug-likeness (QED) is 0.341. The summed E-state index contributed by atoms with van der Waals surface area (Å²) in [5.41, 5.74) is 1.29. The van der Waals surface area contributed by atoms with Crippen molar-refractivity contribution in [2.24, 2.45) is 0 Å². The molecule has 140 valence electrons. The summed E-state index contributed by atoms with van der Waals surface area (Å²) in [4.78, 5) is 25.8. The highest BCUT2D eigenvalue weighted by Crippen LogP contribution is 2.29. The molecule has 0 N–H and O–H groups in total. The van der Waals surface area contributed by atoms with Gasteiger partial charge in [0.1, 0.15) is 5.69 Å². The van der Waals surface area contributed by atoms with Crippen LogP contribution in [0.5, 0.6) is 0 Å². The van der Waals surface area contributed by atoms with E-state index in [9.17, 15) is 9.59 Å². The van der Waals surface area contributed by atoms with E-state index in [4.69, 9.17) is 27.9 Å². The third-order valence-corrected chi connectivity index (χ3v) is 4.96. The van der Waals surface area contributed by atoms with E-state index >= 15 is 0 Å². The predicted octanol–water partition coefficient (Wildman–Crippen LogP) is 5.20. The van der Waals surface area contributed by atoms with Gasteiger partial charge in [0.05, 0.1) is 28.9 Å². The van der Waals surface area contributed by atoms with Gasteiger partial charge in [-0.2, -0.15) is 5.10 Å². The van der Waals surface area contributed by atoms with Gasteiger partial charge in [-0.05, 0) is 31.2 Å². The van der Waals surface area contributed by atoms with Crippen molar-refractivity contribution in [2.45, 2.75) is 6.92 Å². The van der Waals surface area contributed by atoms with Crippen molar-refractivity contribution < 1.29 is 14.3 Å². The van der Waals surface area contributed by atoms with Crippen molar-refractivity contribution in [1.82, 2.24) is 9.61 Å². The molecule has 0 saturated heterocycles. The standard InChI is InChI=1S/C21H14Cl2N2O3/c1-2-28-21(27)16-10-18(20(26)15-8-7-13(22)9-17(15)23)25-19(16)14-6-4-3-5-12(14)11-24-25/h3-11H,2H2,1H3. The zero-order valence-corrected chi connectivity index (χ0v) is 16.3. The average Bonchev–Trinajstić information content (AvgIpc) is 3.08. The third kappa shape index (κ3) is 3.03. The number of aromatic nitrogens is 2. The summed E-state index contributed by atoms with van der Waals surface area (Å²) in [5.74, 6) is -0.880. The minimum atomic E-state index is -0.514. The highest BCUT2D eigenvalue weighted by Gasteiger charge is 2.25. The van der Waals surface area contributed by atoms with E-state index in [1.54, 1.807) is 25.3 Å². The molecule has 0 unspecified atom stereocenters. The molecule has 0 atom stereocenters. The zero-order valence-electron chi connectivity index (χ0n) is 14.8. The van der Waals surface area contributed by atoms with E-state index in [1.165, 1.54) is 16.6 Å². The Kier molecular flexibility index (Phi) is 4.79. The first-order valence-electron chi connectivity index (χ1n) is 8.57. The molecule has 0 spiro atoms. The smallest absolute Gasteiger partial charge is 0.340 e. The largest absolute Gasteiger partial charge is 0.462 e. The van der Waals surface area contributed by atoms with Gasteiger partial charge in [-0.1, -0.05) is 47.5 Å². The lowest BCUT2D eigenvalue weighted by molar-refractivity contribution is 0.0529. The van der Waals surface area contributed by atoms with E-state index in [2.05, 4.69) is 5.10 Å². The van der Waals surface area contributed by atoms with Gasteiger partial charge in [-0.3, -0.25) is 4.79 Å². The van der Waals surface area contributed by atoms with Crippen LogP contribution in [-0.4, -0.2) is 28.0 Å². The van der Waals surface area contributed by atoms with Crippen LogP contribution in [-0.2, 0) is 4.74 Å². The number of hydrogen-bond acceptors (Lipinski definition) is 4. The van der Waals surface area contributed by atoms with Crippen molar-refractivity contribution in [3.8, 4) is 0 Å². The van der Waals surface area contributed by atoms with Crippen molar-refractivity contribution >= 4 is 51.2 Å². The summed E-state index contributed by atoms with van der Waals surface area (Å²) in [6.45, 7) is 1.95. The molecule has 5 nitrogen and oxygen atoms in total. The number of rotatable bonds is 4. The van der Waals surface area contributed by atoms with Crippen molar-refractivity contribution in [1.29, 1.82) is 0 Å². The van der Waals surface area contributed by atoms with Crippen molar-refractivity contribution in [3.63, 3.8) is 0 Å². The van der Waals surface area contributed by atoms with Crippen LogP contribution in [0.4, 0.5) is 0 Å². The Morgan fingerprint density at radius 2 is 1.86 bits per heavy atom. The molecular formula is C21H14Cl2N2O3. The number of nitrogens with zero attached hydrogens (tertiary/aromatic N) is 2. The van der Waals surface area contributed by atoms with Gasteiger partial charge < -0.3 is 4.74 Å². The Morgan fingerprint density at radius 3 is 2.61 bits per heavy atom. The summed E-state index contributed by atoms with van der Waals surface area (Å²) in [6, 6.07) is 13.7. The Hall–Kier alpha value is -2.89. The van der Waals surface area contributed by atoms with Crippen molar-refractivity contribution in [3.05, 3.63) is 81.6 Å². The topological polar surface area (TPSA) is 60.7 Å². The molecule has 2 aromatic heterocycles. The molecule has 0 aliphatic carbocycles. The molecule has 7 heteroatoms. The lowest BCUT2D eigenvalue weighted by atomic mass is 10.1. The van der Waals surface area contributed by atoms with Crippen LogP contribution in [0.25, 0.3) is 16.3 Å². The molecule has 0 aliphatic heterocycles. The van der Waals surface area contributed by atoms with Gasteiger partial charge in [0.15, 0.2) is 0 Å². The van der Waals surface area contributed by atoms with Crippen LogP contribution in [0.1, 0.15) is 33.3 Å². The molecule has 2 heterocycles. The molecule has 0 aliphatic rings. The fraction of sp³-hybridized carbons (Fsp3) is 0.0952. The summed E-state index contributed by atoms with van der Waals surface area (Å²) in [7, 11) is 0. The first-order valence-corrected chi connectivity index (χ1v) is 9.33. The van der Waals surface area contributed by atoms with Gasteiger partial charge in [0, 0.05) is 21.4 Å². The molecule has 4 rings (SSSR count). The van der Waals surface area contributed by atoms with Gasteiger partial charge in [0.25, 0.3) is 0 Å². The number of fused-ring (bicyclic) bond motifs is 3. The number of carbonyl (C=O) groups is 2. The number of esters is 1. The van der Waals surface area contributed by atoms with E-state index in [-0.39, 0.29) is 34.2 Å². The summed E-state index contributed by atoms with van der Waals surface area (Å²) in [5, 5.41) is 6.68. The third-order valence-electron chi connectivity index (χ3n) is 4.41. The van der Waals surface area contributed by atoms with Crippen molar-refractivity contribution in [2.75, 3.05) is 6.61 Å². The normalized spacial score (nSPS) is 11.1. The SMILES string of the molecule is CCOC(=O)c1cc(C(=O)c2ccc(Cl)cc2Cl)n2ncc3ccccc3c12. The highest BCUT2D eigenvalue weighted by molar-refractivity contribution is 6.37. The zero-order chi connectivity index (χ0) is 19.8. The summed E-state index contributed by atoms with van der Waals surface area (Å²) < 4.78 is 6.65. The second-order valence-electron chi connectivity index (χ2n) is 6.11. The molecule has 28 heavy (non-hydrogen) atoms. The minimum Gasteiger partial charge on any atom is -0.462 e. The van der Waals surface area contributed by atoms with E-state index in [1.807, 2.05) is 24.3 Å². The monoisotopic (exact) mass is 412 g/mol. The maximum absolute atomic E-state index is 13.2. The summed E-state index contributed by atoms with van der Waals surface area (Å²) in [6.07, 6.45) is 1.65. The lowest BCUT2D eigenvalue weighted by Gasteiger charge is -2.06. The summed E-state index contributed by atoms with van der Waals surface area (Å²) >= 11 is 12.1. The number of ether oxygens (including phenoxy) is 1. The highest BCUT2D eigenvalue weighted by atomic mass is 35.5. The second-order valence-corrected chi connectivity index (χ2v) is 6.95. The minimum absolute atomic E-state index is 0.216. The number of carbonyl (C=O) groups excluding carboxylic acids is 2. The molecular weight excluding hydrogens is 399 g/mol. The van der Waals surface area contributed by atoms with Crippen LogP contribution in [0.3, 0.4) is 0 Å². The van der Waals surface area contributed by atoms with Crippen LogP contribution in [0.2, 0.25) is 10.0 Å². The Balaban J connectivity index is 2.00. The molecule has 2 aromatic carbocycles. The maximum atomic E-state index is 13.2. The van der Waals surface area contributed by atoms with Crippen LogP contribution < -0.4 is 0 Å². The second kappa shape index (κ2) is 7.26. The molecule has 0 bridgehead atoms. The van der Waals surface area contributed by atoms with Gasteiger partial charge in [0.2, 0.25) is 5.78 Å². The van der Waals surface area contributed by atoms with Crippen LogP contribution in [0.15, 0.2) is 54.7 Å². The van der Waals surface area contributed by atoms with Gasteiger partial charge in [-0.25, -0.2) is 9.31 Å². The molecule has 0 fully saturated rings. The van der Waals surface area contributed by atoms with E-state index in [0.717, 1.165) is 10.8 Å². The fourth-order valence-electron chi connectivity index (χ4n) is 3.16. The number of ketones is 1. The lowest BCUT2D eigenvalue weighted by Crippen LogP contribution is -2.08. The Morgan fingerprint density at radius 1 is 1.07 bits per heavy atom. The van der Waals surface area contributed by atoms with Gasteiger partial charge >= 0.3 is 5.97 Å². The fourth-order valence-corrected chi connectivity index (χ4v) is 3.66.